The summed E-state index contributed by atoms with van der Waals surface area (Å²) in [6.07, 6.45) is -3.67. The number of benzene rings is 2. The SMILES string of the molecule is Cc1cccc(C(=O)Nc2ccc3c(c2)OC(F)(F)O3)c1I. The van der Waals surface area contributed by atoms with Gasteiger partial charge in [0.1, 0.15) is 0 Å². The van der Waals surface area contributed by atoms with E-state index < -0.39 is 6.29 Å². The molecule has 0 radical (unpaired) electrons. The van der Waals surface area contributed by atoms with Crippen molar-refractivity contribution in [3.63, 3.8) is 0 Å². The number of aryl methyl sites for hydroxylation is 1. The van der Waals surface area contributed by atoms with Gasteiger partial charge >= 0.3 is 6.29 Å². The molecule has 0 aromatic heterocycles. The van der Waals surface area contributed by atoms with Crippen LogP contribution in [0.1, 0.15) is 15.9 Å². The van der Waals surface area contributed by atoms with Crippen LogP contribution in [0.15, 0.2) is 36.4 Å². The fourth-order valence-corrected chi connectivity index (χ4v) is 2.65. The molecule has 2 aromatic carbocycles. The molecule has 0 saturated carbocycles. The first-order chi connectivity index (χ1) is 10.4. The van der Waals surface area contributed by atoms with Gasteiger partial charge in [-0.3, -0.25) is 4.79 Å². The van der Waals surface area contributed by atoms with E-state index in [1.165, 1.54) is 18.2 Å². The summed E-state index contributed by atoms with van der Waals surface area (Å²) < 4.78 is 35.4. The Bertz CT molecular complexity index is 764. The molecular weight excluding hydrogens is 407 g/mol. The molecule has 0 aliphatic carbocycles. The van der Waals surface area contributed by atoms with Crippen LogP contribution in [0.5, 0.6) is 11.5 Å². The molecule has 2 aromatic rings. The molecule has 0 atom stereocenters. The topological polar surface area (TPSA) is 47.6 Å². The Labute approximate surface area is 138 Å². The normalized spacial score (nSPS) is 14.7. The zero-order valence-corrected chi connectivity index (χ0v) is 13.5. The van der Waals surface area contributed by atoms with Crippen molar-refractivity contribution in [2.45, 2.75) is 13.2 Å². The Morgan fingerprint density at radius 1 is 1.18 bits per heavy atom. The van der Waals surface area contributed by atoms with E-state index in [2.05, 4.69) is 37.4 Å². The van der Waals surface area contributed by atoms with E-state index in [1.54, 1.807) is 12.1 Å². The van der Waals surface area contributed by atoms with Gasteiger partial charge in [0.05, 0.1) is 5.56 Å². The minimum Gasteiger partial charge on any atom is -0.395 e. The fourth-order valence-electron chi connectivity index (χ4n) is 2.05. The van der Waals surface area contributed by atoms with Crippen LogP contribution in [0.25, 0.3) is 0 Å². The van der Waals surface area contributed by atoms with Crippen molar-refractivity contribution >= 4 is 34.2 Å². The van der Waals surface area contributed by atoms with Crippen molar-refractivity contribution in [3.05, 3.63) is 51.1 Å². The van der Waals surface area contributed by atoms with Crippen molar-refractivity contribution in [1.82, 2.24) is 0 Å². The maximum atomic E-state index is 13.0. The summed E-state index contributed by atoms with van der Waals surface area (Å²) in [5, 5.41) is 2.66. The Balaban J connectivity index is 1.83. The lowest BCUT2D eigenvalue weighted by Gasteiger charge is -2.09. The molecule has 3 rings (SSSR count). The van der Waals surface area contributed by atoms with E-state index in [0.29, 0.717) is 11.3 Å². The van der Waals surface area contributed by atoms with Crippen LogP contribution < -0.4 is 14.8 Å². The predicted octanol–water partition coefficient (Wildman–Crippen LogP) is 4.17. The number of ether oxygens (including phenoxy) is 2. The molecule has 1 N–H and O–H groups in total. The highest BCUT2D eigenvalue weighted by atomic mass is 127. The van der Waals surface area contributed by atoms with Gasteiger partial charge in [-0.05, 0) is 53.3 Å². The molecule has 1 amide bonds. The summed E-state index contributed by atoms with van der Waals surface area (Å²) in [4.78, 5) is 12.3. The standard InChI is InChI=1S/C15H10F2INO3/c1-8-3-2-4-10(13(8)18)14(20)19-9-5-6-11-12(7-9)22-15(16,17)21-11/h2-7H,1H3,(H,19,20). The molecule has 4 nitrogen and oxygen atoms in total. The van der Waals surface area contributed by atoms with E-state index in [4.69, 9.17) is 0 Å². The molecule has 1 aliphatic heterocycles. The number of carbonyl (C=O) groups excluding carboxylic acids is 1. The van der Waals surface area contributed by atoms with Gasteiger partial charge in [-0.15, -0.1) is 8.78 Å². The highest BCUT2D eigenvalue weighted by Crippen LogP contribution is 2.42. The van der Waals surface area contributed by atoms with Crippen molar-refractivity contribution < 1.29 is 23.0 Å². The molecule has 0 unspecified atom stereocenters. The lowest BCUT2D eigenvalue weighted by Crippen LogP contribution is -2.25. The van der Waals surface area contributed by atoms with E-state index >= 15 is 0 Å². The van der Waals surface area contributed by atoms with Gasteiger partial charge in [-0.2, -0.15) is 0 Å². The second kappa shape index (κ2) is 5.38. The van der Waals surface area contributed by atoms with E-state index in [0.717, 1.165) is 9.13 Å². The third-order valence-electron chi connectivity index (χ3n) is 3.10. The summed E-state index contributed by atoms with van der Waals surface area (Å²) >= 11 is 2.09. The van der Waals surface area contributed by atoms with Crippen LogP contribution in [-0.2, 0) is 0 Å². The summed E-state index contributed by atoms with van der Waals surface area (Å²) in [5.41, 5.74) is 1.85. The molecule has 0 fully saturated rings. The van der Waals surface area contributed by atoms with Crippen molar-refractivity contribution in [2.24, 2.45) is 0 Å². The second-order valence-corrected chi connectivity index (χ2v) is 5.80. The zero-order valence-electron chi connectivity index (χ0n) is 11.3. The number of hydrogen-bond donors (Lipinski definition) is 1. The first kappa shape index (κ1) is 15.0. The average molecular weight is 417 g/mol. The molecular formula is C15H10F2INO3. The average Bonchev–Trinajstić information content (AvgIpc) is 2.75. The molecule has 0 bridgehead atoms. The highest BCUT2D eigenvalue weighted by Gasteiger charge is 2.43. The number of rotatable bonds is 2. The van der Waals surface area contributed by atoms with E-state index in [9.17, 15) is 13.6 Å². The van der Waals surface area contributed by atoms with Gasteiger partial charge in [-0.25, -0.2) is 0 Å². The first-order valence-corrected chi connectivity index (χ1v) is 7.40. The highest BCUT2D eigenvalue weighted by molar-refractivity contribution is 14.1. The van der Waals surface area contributed by atoms with Gasteiger partial charge in [0.2, 0.25) is 0 Å². The molecule has 0 spiro atoms. The van der Waals surface area contributed by atoms with Crippen molar-refractivity contribution in [2.75, 3.05) is 5.32 Å². The Morgan fingerprint density at radius 3 is 2.68 bits per heavy atom. The molecule has 1 aliphatic rings. The number of hydrogen-bond acceptors (Lipinski definition) is 3. The quantitative estimate of drug-likeness (QED) is 0.747. The molecule has 114 valence electrons. The Hall–Kier alpha value is -1.90. The van der Waals surface area contributed by atoms with Crippen molar-refractivity contribution in [1.29, 1.82) is 0 Å². The predicted molar refractivity (Wildman–Crippen MR) is 84.5 cm³/mol. The summed E-state index contributed by atoms with van der Waals surface area (Å²) in [7, 11) is 0. The summed E-state index contributed by atoms with van der Waals surface area (Å²) in [6, 6.07) is 9.49. The second-order valence-electron chi connectivity index (χ2n) is 4.72. The Kier molecular flexibility index (Phi) is 3.67. The zero-order chi connectivity index (χ0) is 15.9. The number of amides is 1. The van der Waals surface area contributed by atoms with Gasteiger partial charge in [0.15, 0.2) is 11.5 Å². The minimum absolute atomic E-state index is 0.0619. The Morgan fingerprint density at radius 2 is 1.91 bits per heavy atom. The van der Waals surface area contributed by atoms with Crippen LogP contribution in [0.3, 0.4) is 0 Å². The number of halogens is 3. The van der Waals surface area contributed by atoms with Crippen LogP contribution in [0, 0.1) is 10.5 Å². The minimum atomic E-state index is -3.67. The van der Waals surface area contributed by atoms with Gasteiger partial charge < -0.3 is 14.8 Å². The van der Waals surface area contributed by atoms with Crippen LogP contribution in [-0.4, -0.2) is 12.2 Å². The van der Waals surface area contributed by atoms with E-state index in [1.807, 2.05) is 13.0 Å². The van der Waals surface area contributed by atoms with Crippen molar-refractivity contribution in [3.8, 4) is 11.5 Å². The van der Waals surface area contributed by atoms with Crippen LogP contribution >= 0.6 is 22.6 Å². The lowest BCUT2D eigenvalue weighted by atomic mass is 10.1. The molecule has 1 heterocycles. The van der Waals surface area contributed by atoms with Crippen LogP contribution in [0.2, 0.25) is 0 Å². The smallest absolute Gasteiger partial charge is 0.395 e. The third-order valence-corrected chi connectivity index (χ3v) is 4.53. The first-order valence-electron chi connectivity index (χ1n) is 6.32. The molecule has 7 heteroatoms. The summed E-state index contributed by atoms with van der Waals surface area (Å²) in [6.45, 7) is 1.90. The largest absolute Gasteiger partial charge is 0.586 e. The van der Waals surface area contributed by atoms with Gasteiger partial charge in [0, 0.05) is 15.3 Å². The maximum absolute atomic E-state index is 13.0. The molecule has 0 saturated heterocycles. The maximum Gasteiger partial charge on any atom is 0.586 e. The summed E-state index contributed by atoms with van der Waals surface area (Å²) in [5.74, 6) is -0.492. The number of fused-ring (bicyclic) bond motifs is 1. The number of alkyl halides is 2. The van der Waals surface area contributed by atoms with Gasteiger partial charge in [0.25, 0.3) is 5.91 Å². The monoisotopic (exact) mass is 417 g/mol. The van der Waals surface area contributed by atoms with E-state index in [-0.39, 0.29) is 17.4 Å². The number of carbonyl (C=O) groups is 1. The molecule has 22 heavy (non-hydrogen) atoms. The van der Waals surface area contributed by atoms with Gasteiger partial charge in [-0.1, -0.05) is 12.1 Å². The number of anilines is 1. The lowest BCUT2D eigenvalue weighted by molar-refractivity contribution is -0.286. The van der Waals surface area contributed by atoms with Crippen LogP contribution in [0.4, 0.5) is 14.5 Å². The fraction of sp³-hybridized carbons (Fsp3) is 0.133. The third kappa shape index (κ3) is 2.85. The number of nitrogens with one attached hydrogen (secondary N) is 1.